The van der Waals surface area contributed by atoms with Crippen LogP contribution in [0.4, 0.5) is 0 Å². The number of hydrogen-bond acceptors (Lipinski definition) is 3. The van der Waals surface area contributed by atoms with Gasteiger partial charge in [0, 0.05) is 16.5 Å². The summed E-state index contributed by atoms with van der Waals surface area (Å²) in [5.74, 6) is -0.840. The zero-order valence-corrected chi connectivity index (χ0v) is 10.4. The molecule has 0 saturated heterocycles. The van der Waals surface area contributed by atoms with E-state index in [1.807, 2.05) is 23.6 Å². The van der Waals surface area contributed by atoms with Gasteiger partial charge in [0.1, 0.15) is 0 Å². The third-order valence-corrected chi connectivity index (χ3v) is 3.77. The van der Waals surface area contributed by atoms with Crippen molar-refractivity contribution in [2.75, 3.05) is 0 Å². The molecule has 0 fully saturated rings. The smallest absolute Gasteiger partial charge is 0.332 e. The Morgan fingerprint density at radius 2 is 2.11 bits per heavy atom. The lowest BCUT2D eigenvalue weighted by molar-refractivity contribution is -0.132. The molecule has 1 aromatic heterocycles. The molecule has 0 radical (unpaired) electrons. The van der Waals surface area contributed by atoms with Crippen molar-refractivity contribution in [1.29, 1.82) is 0 Å². The molecule has 0 unspecified atom stereocenters. The van der Waals surface area contributed by atoms with Crippen molar-refractivity contribution < 1.29 is 9.90 Å². The minimum atomic E-state index is -0.840. The lowest BCUT2D eigenvalue weighted by atomic mass is 9.84. The fourth-order valence-corrected chi connectivity index (χ4v) is 2.91. The van der Waals surface area contributed by atoms with Crippen LogP contribution in [0.3, 0.4) is 0 Å². The van der Waals surface area contributed by atoms with Gasteiger partial charge in [0.15, 0.2) is 0 Å². The van der Waals surface area contributed by atoms with Gasteiger partial charge in [-0.25, -0.2) is 9.78 Å². The summed E-state index contributed by atoms with van der Waals surface area (Å²) in [6.07, 6.45) is 1.35. The molecule has 0 atom stereocenters. The van der Waals surface area contributed by atoms with Crippen molar-refractivity contribution in [3.8, 4) is 0 Å². The van der Waals surface area contributed by atoms with Gasteiger partial charge in [-0.15, -0.1) is 11.3 Å². The van der Waals surface area contributed by atoms with E-state index in [0.29, 0.717) is 12.0 Å². The zero-order chi connectivity index (χ0) is 12.5. The monoisotopic (exact) mass is 257 g/mol. The lowest BCUT2D eigenvalue weighted by Gasteiger charge is -2.20. The Bertz CT molecular complexity index is 629. The summed E-state index contributed by atoms with van der Waals surface area (Å²) >= 11 is 1.48. The summed E-state index contributed by atoms with van der Waals surface area (Å²) in [6, 6.07) is 7.96. The van der Waals surface area contributed by atoms with Crippen molar-refractivity contribution in [1.82, 2.24) is 4.98 Å². The second kappa shape index (κ2) is 4.38. The third kappa shape index (κ3) is 1.75. The molecule has 3 rings (SSSR count). The zero-order valence-electron chi connectivity index (χ0n) is 9.59. The van der Waals surface area contributed by atoms with Crippen LogP contribution in [0.25, 0.3) is 5.57 Å². The van der Waals surface area contributed by atoms with E-state index >= 15 is 0 Å². The molecule has 0 bridgehead atoms. The molecule has 1 aliphatic rings. The molecule has 90 valence electrons. The molecule has 2 aromatic rings. The van der Waals surface area contributed by atoms with Crippen LogP contribution < -0.4 is 0 Å². The normalized spacial score (nSPS) is 14.4. The Labute approximate surface area is 108 Å². The number of thiazole rings is 1. The Morgan fingerprint density at radius 1 is 1.28 bits per heavy atom. The van der Waals surface area contributed by atoms with Crippen molar-refractivity contribution in [2.24, 2.45) is 0 Å². The van der Waals surface area contributed by atoms with E-state index in [1.54, 1.807) is 5.51 Å². The van der Waals surface area contributed by atoms with E-state index < -0.39 is 5.97 Å². The standard InChI is InChI=1S/C14H11NO2S/c16-14(17)11-6-5-9-3-1-2-4-10(9)13(11)12-7-18-8-15-12/h1-4,7-8H,5-6H2,(H,16,17). The first kappa shape index (κ1) is 11.2. The SMILES string of the molecule is O=C(O)C1=C(c2cscn2)c2ccccc2CC1. The van der Waals surface area contributed by atoms with Crippen molar-refractivity contribution >= 4 is 22.9 Å². The molecule has 18 heavy (non-hydrogen) atoms. The minimum Gasteiger partial charge on any atom is -0.478 e. The summed E-state index contributed by atoms with van der Waals surface area (Å²) < 4.78 is 0. The quantitative estimate of drug-likeness (QED) is 0.899. The van der Waals surface area contributed by atoms with Crippen LogP contribution in [-0.2, 0) is 11.2 Å². The number of aromatic nitrogens is 1. The number of carboxylic acids is 1. The first-order valence-electron chi connectivity index (χ1n) is 5.70. The maximum atomic E-state index is 11.4. The first-order valence-corrected chi connectivity index (χ1v) is 6.65. The van der Waals surface area contributed by atoms with Gasteiger partial charge in [-0.3, -0.25) is 0 Å². The summed E-state index contributed by atoms with van der Waals surface area (Å²) in [5.41, 5.74) is 5.96. The fraction of sp³-hybridized carbons (Fsp3) is 0.143. The number of carbonyl (C=O) groups is 1. The minimum absolute atomic E-state index is 0.472. The molecule has 0 spiro atoms. The average Bonchev–Trinajstić information content (AvgIpc) is 2.90. The molecule has 1 aromatic carbocycles. The van der Waals surface area contributed by atoms with E-state index in [2.05, 4.69) is 11.1 Å². The Hall–Kier alpha value is -1.94. The molecule has 4 heteroatoms. The Balaban J connectivity index is 2.27. The molecule has 0 amide bonds. The summed E-state index contributed by atoms with van der Waals surface area (Å²) in [7, 11) is 0. The summed E-state index contributed by atoms with van der Waals surface area (Å²) in [4.78, 5) is 15.7. The van der Waals surface area contributed by atoms with Gasteiger partial charge in [0.25, 0.3) is 0 Å². The van der Waals surface area contributed by atoms with Crippen LogP contribution in [0.5, 0.6) is 0 Å². The Kier molecular flexibility index (Phi) is 2.72. The molecule has 3 nitrogen and oxygen atoms in total. The fourth-order valence-electron chi connectivity index (χ4n) is 2.37. The van der Waals surface area contributed by atoms with Gasteiger partial charge >= 0.3 is 5.97 Å². The number of hydrogen-bond donors (Lipinski definition) is 1. The molecular formula is C14H11NO2S. The van der Waals surface area contributed by atoms with Crippen molar-refractivity contribution in [3.63, 3.8) is 0 Å². The summed E-state index contributed by atoms with van der Waals surface area (Å²) in [6.45, 7) is 0. The number of nitrogens with zero attached hydrogens (tertiary/aromatic N) is 1. The Morgan fingerprint density at radius 3 is 2.83 bits per heavy atom. The van der Waals surface area contributed by atoms with Crippen LogP contribution >= 0.6 is 11.3 Å². The first-order chi connectivity index (χ1) is 8.77. The highest BCUT2D eigenvalue weighted by Crippen LogP contribution is 2.35. The van der Waals surface area contributed by atoms with Crippen molar-refractivity contribution in [3.05, 3.63) is 57.6 Å². The number of aliphatic carboxylic acids is 1. The molecule has 0 aliphatic heterocycles. The van der Waals surface area contributed by atoms with E-state index in [4.69, 9.17) is 0 Å². The second-order valence-corrected chi connectivity index (χ2v) is 4.91. The molecule has 1 N–H and O–H groups in total. The van der Waals surface area contributed by atoms with Gasteiger partial charge in [0.05, 0.1) is 11.2 Å². The number of benzene rings is 1. The van der Waals surface area contributed by atoms with Crippen LogP contribution in [0.2, 0.25) is 0 Å². The maximum Gasteiger partial charge on any atom is 0.332 e. The van der Waals surface area contributed by atoms with E-state index in [9.17, 15) is 9.90 Å². The van der Waals surface area contributed by atoms with E-state index in [0.717, 1.165) is 23.3 Å². The third-order valence-electron chi connectivity index (χ3n) is 3.18. The molecular weight excluding hydrogens is 246 g/mol. The predicted molar refractivity (Wildman–Crippen MR) is 70.5 cm³/mol. The van der Waals surface area contributed by atoms with Crippen molar-refractivity contribution in [2.45, 2.75) is 12.8 Å². The maximum absolute atomic E-state index is 11.4. The van der Waals surface area contributed by atoms with Crippen LogP contribution in [-0.4, -0.2) is 16.1 Å². The molecule has 1 aliphatic carbocycles. The van der Waals surface area contributed by atoms with Gasteiger partial charge < -0.3 is 5.11 Å². The number of aryl methyl sites for hydroxylation is 1. The highest BCUT2D eigenvalue weighted by atomic mass is 32.1. The van der Waals surface area contributed by atoms with Crippen LogP contribution in [0, 0.1) is 0 Å². The second-order valence-electron chi connectivity index (χ2n) is 4.19. The van der Waals surface area contributed by atoms with Crippen LogP contribution in [0.1, 0.15) is 23.2 Å². The molecule has 0 saturated carbocycles. The van der Waals surface area contributed by atoms with Crippen LogP contribution in [0.15, 0.2) is 40.7 Å². The van der Waals surface area contributed by atoms with Gasteiger partial charge in [-0.2, -0.15) is 0 Å². The molecule has 1 heterocycles. The predicted octanol–water partition coefficient (Wildman–Crippen LogP) is 2.98. The van der Waals surface area contributed by atoms with E-state index in [1.165, 1.54) is 16.9 Å². The number of carboxylic acid groups (broad SMARTS) is 1. The van der Waals surface area contributed by atoms with E-state index in [-0.39, 0.29) is 0 Å². The average molecular weight is 257 g/mol. The van der Waals surface area contributed by atoms with Gasteiger partial charge in [-0.05, 0) is 24.0 Å². The highest BCUT2D eigenvalue weighted by molar-refractivity contribution is 7.07. The largest absolute Gasteiger partial charge is 0.478 e. The number of fused-ring (bicyclic) bond motifs is 1. The van der Waals surface area contributed by atoms with Gasteiger partial charge in [0.2, 0.25) is 0 Å². The van der Waals surface area contributed by atoms with Gasteiger partial charge in [-0.1, -0.05) is 24.3 Å². The number of rotatable bonds is 2. The lowest BCUT2D eigenvalue weighted by Crippen LogP contribution is -2.12. The summed E-state index contributed by atoms with van der Waals surface area (Å²) in [5, 5.41) is 11.3. The topological polar surface area (TPSA) is 50.2 Å². The highest BCUT2D eigenvalue weighted by Gasteiger charge is 2.24.